The molecule has 1 aromatic heterocycles. The summed E-state index contributed by atoms with van der Waals surface area (Å²) in [6.07, 6.45) is 6.95. The third kappa shape index (κ3) is 5.77. The van der Waals surface area contributed by atoms with E-state index < -0.39 is 0 Å². The highest BCUT2D eigenvalue weighted by Crippen LogP contribution is 2.29. The number of guanidine groups is 1. The monoisotopic (exact) mass is 513 g/mol. The van der Waals surface area contributed by atoms with E-state index in [-0.39, 0.29) is 24.0 Å². The van der Waals surface area contributed by atoms with Crippen molar-refractivity contribution < 1.29 is 9.47 Å². The summed E-state index contributed by atoms with van der Waals surface area (Å²) in [4.78, 5) is 11.5. The summed E-state index contributed by atoms with van der Waals surface area (Å²) in [5, 5.41) is 3.45. The summed E-state index contributed by atoms with van der Waals surface area (Å²) in [6, 6.07) is 6.34. The standard InChI is InChI=1S/C21H31N5O2.HI/c1-5-23-21(24-13-17-6-7-19(27-3)20(12-17)28-4)25-10-8-16(2)18(14-25)26-11-9-22-15-26;/h6-7,9,11-12,15-16,18H,5,8,10,13-14H2,1-4H3,(H,23,24);1H. The Morgan fingerprint density at radius 3 is 2.72 bits per heavy atom. The molecule has 0 amide bonds. The van der Waals surface area contributed by atoms with Gasteiger partial charge >= 0.3 is 0 Å². The average Bonchev–Trinajstić information content (AvgIpc) is 3.26. The van der Waals surface area contributed by atoms with Crippen molar-refractivity contribution >= 4 is 29.9 Å². The van der Waals surface area contributed by atoms with Gasteiger partial charge < -0.3 is 24.3 Å². The zero-order valence-electron chi connectivity index (χ0n) is 17.7. The summed E-state index contributed by atoms with van der Waals surface area (Å²) in [6.45, 7) is 7.78. The second kappa shape index (κ2) is 11.3. The van der Waals surface area contributed by atoms with Crippen LogP contribution in [-0.2, 0) is 6.54 Å². The number of aliphatic imine (C=N–C) groups is 1. The normalized spacial score (nSPS) is 19.4. The van der Waals surface area contributed by atoms with Crippen LogP contribution in [-0.4, -0.2) is 54.3 Å². The van der Waals surface area contributed by atoms with Crippen molar-refractivity contribution in [2.24, 2.45) is 10.9 Å². The van der Waals surface area contributed by atoms with Gasteiger partial charge in [0.05, 0.1) is 33.1 Å². The van der Waals surface area contributed by atoms with Gasteiger partial charge in [-0.05, 0) is 37.0 Å². The molecule has 3 rings (SSSR count). The Balaban J connectivity index is 0.00000300. The minimum absolute atomic E-state index is 0. The molecule has 0 spiro atoms. The molecule has 2 heterocycles. The largest absolute Gasteiger partial charge is 0.493 e. The van der Waals surface area contributed by atoms with Crippen LogP contribution in [0.2, 0.25) is 0 Å². The van der Waals surface area contributed by atoms with E-state index in [4.69, 9.17) is 14.5 Å². The highest BCUT2D eigenvalue weighted by atomic mass is 127. The quantitative estimate of drug-likeness (QED) is 0.364. The van der Waals surface area contributed by atoms with Gasteiger partial charge in [-0.1, -0.05) is 13.0 Å². The van der Waals surface area contributed by atoms with Gasteiger partial charge in [-0.25, -0.2) is 9.98 Å². The summed E-state index contributed by atoms with van der Waals surface area (Å²) in [5.74, 6) is 3.02. The summed E-state index contributed by atoms with van der Waals surface area (Å²) < 4.78 is 12.9. The molecule has 160 valence electrons. The van der Waals surface area contributed by atoms with Crippen LogP contribution in [0, 0.1) is 5.92 Å². The first-order valence-corrected chi connectivity index (χ1v) is 9.87. The summed E-state index contributed by atoms with van der Waals surface area (Å²) >= 11 is 0. The van der Waals surface area contributed by atoms with E-state index in [0.29, 0.717) is 18.5 Å². The Labute approximate surface area is 190 Å². The van der Waals surface area contributed by atoms with Crippen LogP contribution in [0.3, 0.4) is 0 Å². The number of aromatic nitrogens is 2. The minimum atomic E-state index is 0. The highest BCUT2D eigenvalue weighted by molar-refractivity contribution is 14.0. The molecular weight excluding hydrogens is 481 g/mol. The Morgan fingerprint density at radius 1 is 1.28 bits per heavy atom. The van der Waals surface area contributed by atoms with Crippen molar-refractivity contribution in [3.05, 3.63) is 42.5 Å². The van der Waals surface area contributed by atoms with E-state index in [1.165, 1.54) is 0 Å². The van der Waals surface area contributed by atoms with Gasteiger partial charge in [0, 0.05) is 32.0 Å². The number of hydrogen-bond acceptors (Lipinski definition) is 4. The molecule has 1 aliphatic rings. The predicted octanol–water partition coefficient (Wildman–Crippen LogP) is 3.57. The van der Waals surface area contributed by atoms with Crippen LogP contribution in [0.25, 0.3) is 0 Å². The fourth-order valence-electron chi connectivity index (χ4n) is 3.67. The molecule has 2 unspecified atom stereocenters. The third-order valence-electron chi connectivity index (χ3n) is 5.32. The SMILES string of the molecule is CCNC(=NCc1ccc(OC)c(OC)c1)N1CCC(C)C(n2ccnc2)C1.I. The van der Waals surface area contributed by atoms with Gasteiger partial charge in [0.25, 0.3) is 0 Å². The van der Waals surface area contributed by atoms with Gasteiger partial charge in [0.15, 0.2) is 17.5 Å². The number of benzene rings is 1. The Morgan fingerprint density at radius 2 is 2.07 bits per heavy atom. The number of methoxy groups -OCH3 is 2. The lowest BCUT2D eigenvalue weighted by molar-refractivity contribution is 0.189. The zero-order valence-corrected chi connectivity index (χ0v) is 20.0. The first-order chi connectivity index (χ1) is 13.7. The van der Waals surface area contributed by atoms with Crippen LogP contribution < -0.4 is 14.8 Å². The van der Waals surface area contributed by atoms with Crippen molar-refractivity contribution in [2.75, 3.05) is 33.9 Å². The fourth-order valence-corrected chi connectivity index (χ4v) is 3.67. The fraction of sp³-hybridized carbons (Fsp3) is 0.524. The van der Waals surface area contributed by atoms with Gasteiger partial charge in [0.1, 0.15) is 0 Å². The molecule has 0 bridgehead atoms. The summed E-state index contributed by atoms with van der Waals surface area (Å²) in [5.41, 5.74) is 1.09. The van der Waals surface area contributed by atoms with Crippen molar-refractivity contribution in [1.29, 1.82) is 0 Å². The maximum atomic E-state index is 5.41. The van der Waals surface area contributed by atoms with Crippen LogP contribution in [0.4, 0.5) is 0 Å². The van der Waals surface area contributed by atoms with Crippen molar-refractivity contribution in [3.63, 3.8) is 0 Å². The lowest BCUT2D eigenvalue weighted by Crippen LogP contribution is -2.49. The number of piperidine rings is 1. The number of ether oxygens (including phenoxy) is 2. The van der Waals surface area contributed by atoms with Crippen LogP contribution in [0.5, 0.6) is 11.5 Å². The molecular formula is C21H32IN5O2. The van der Waals surface area contributed by atoms with Crippen LogP contribution >= 0.6 is 24.0 Å². The topological polar surface area (TPSA) is 63.9 Å². The van der Waals surface area contributed by atoms with E-state index in [9.17, 15) is 0 Å². The molecule has 1 fully saturated rings. The number of rotatable bonds is 6. The first kappa shape index (κ1) is 23.3. The van der Waals surface area contributed by atoms with Crippen molar-refractivity contribution in [3.8, 4) is 11.5 Å². The molecule has 0 aliphatic carbocycles. The van der Waals surface area contributed by atoms with E-state index in [1.807, 2.05) is 30.7 Å². The Kier molecular flexibility index (Phi) is 9.06. The maximum absolute atomic E-state index is 5.41. The van der Waals surface area contributed by atoms with E-state index in [0.717, 1.165) is 49.1 Å². The van der Waals surface area contributed by atoms with Gasteiger partial charge in [0.2, 0.25) is 0 Å². The van der Waals surface area contributed by atoms with Crippen molar-refractivity contribution in [2.45, 2.75) is 32.9 Å². The van der Waals surface area contributed by atoms with E-state index in [2.05, 4.69) is 39.8 Å². The molecule has 1 N–H and O–H groups in total. The molecule has 0 radical (unpaired) electrons. The van der Waals surface area contributed by atoms with Crippen molar-refractivity contribution in [1.82, 2.24) is 19.8 Å². The van der Waals surface area contributed by atoms with Gasteiger partial charge in [-0.3, -0.25) is 0 Å². The zero-order chi connectivity index (χ0) is 19.9. The molecule has 1 aliphatic heterocycles. The first-order valence-electron chi connectivity index (χ1n) is 9.87. The van der Waals surface area contributed by atoms with Gasteiger partial charge in [-0.15, -0.1) is 24.0 Å². The minimum Gasteiger partial charge on any atom is -0.493 e. The molecule has 1 aromatic carbocycles. The van der Waals surface area contributed by atoms with E-state index in [1.54, 1.807) is 14.2 Å². The molecule has 2 aromatic rings. The molecule has 8 heteroatoms. The molecule has 2 atom stereocenters. The van der Waals surface area contributed by atoms with E-state index >= 15 is 0 Å². The number of halogens is 1. The lowest BCUT2D eigenvalue weighted by Gasteiger charge is -2.39. The van der Waals surface area contributed by atoms with Crippen LogP contribution in [0.15, 0.2) is 41.9 Å². The number of hydrogen-bond donors (Lipinski definition) is 1. The smallest absolute Gasteiger partial charge is 0.194 e. The molecule has 1 saturated heterocycles. The number of nitrogens with zero attached hydrogens (tertiary/aromatic N) is 4. The molecule has 0 saturated carbocycles. The second-order valence-corrected chi connectivity index (χ2v) is 7.15. The molecule has 29 heavy (non-hydrogen) atoms. The number of imidazole rings is 1. The third-order valence-corrected chi connectivity index (χ3v) is 5.32. The Hall–Kier alpha value is -1.97. The molecule has 7 nitrogen and oxygen atoms in total. The second-order valence-electron chi connectivity index (χ2n) is 7.15. The number of likely N-dealkylation sites (tertiary alicyclic amines) is 1. The van der Waals surface area contributed by atoms with Gasteiger partial charge in [-0.2, -0.15) is 0 Å². The highest BCUT2D eigenvalue weighted by Gasteiger charge is 2.28. The predicted molar refractivity (Wildman–Crippen MR) is 126 cm³/mol. The summed E-state index contributed by atoms with van der Waals surface area (Å²) in [7, 11) is 3.30. The maximum Gasteiger partial charge on any atom is 0.194 e. The van der Waals surface area contributed by atoms with Crippen LogP contribution in [0.1, 0.15) is 31.9 Å². The average molecular weight is 513 g/mol. The number of nitrogens with one attached hydrogen (secondary N) is 1. The lowest BCUT2D eigenvalue weighted by atomic mass is 9.93. The Bertz CT molecular complexity index is 781.